The summed E-state index contributed by atoms with van der Waals surface area (Å²) in [7, 11) is 0. The standard InChI is InChI=1S/C14H19FO3/c1-4-14(13(16)17,18-9-10(2)3)11-5-7-12(15)8-6-11/h5-8,10H,4,9H2,1-3H3,(H,16,17). The number of carbonyl (C=O) groups is 1. The molecule has 1 aromatic carbocycles. The van der Waals surface area contributed by atoms with E-state index in [1.807, 2.05) is 13.8 Å². The summed E-state index contributed by atoms with van der Waals surface area (Å²) in [5.74, 6) is -1.20. The fraction of sp³-hybridized carbons (Fsp3) is 0.500. The third-order valence-electron chi connectivity index (χ3n) is 2.82. The van der Waals surface area contributed by atoms with E-state index in [4.69, 9.17) is 4.74 Å². The van der Waals surface area contributed by atoms with Crippen LogP contribution in [0.3, 0.4) is 0 Å². The molecule has 3 nitrogen and oxygen atoms in total. The minimum atomic E-state index is -1.39. The number of carboxylic acids is 1. The van der Waals surface area contributed by atoms with Crippen molar-refractivity contribution in [3.8, 4) is 0 Å². The molecular weight excluding hydrogens is 235 g/mol. The Morgan fingerprint density at radius 2 is 1.94 bits per heavy atom. The lowest BCUT2D eigenvalue weighted by molar-refractivity contribution is -0.170. The zero-order valence-corrected chi connectivity index (χ0v) is 10.9. The van der Waals surface area contributed by atoms with Crippen LogP contribution >= 0.6 is 0 Å². The lowest BCUT2D eigenvalue weighted by atomic mass is 9.90. The van der Waals surface area contributed by atoms with Crippen LogP contribution in [0.25, 0.3) is 0 Å². The Balaban J connectivity index is 3.10. The minimum absolute atomic E-state index is 0.232. The van der Waals surface area contributed by atoms with Gasteiger partial charge in [-0.1, -0.05) is 32.9 Å². The van der Waals surface area contributed by atoms with Crippen LogP contribution in [0.2, 0.25) is 0 Å². The van der Waals surface area contributed by atoms with E-state index >= 15 is 0 Å². The first kappa shape index (κ1) is 14.6. The highest BCUT2D eigenvalue weighted by molar-refractivity contribution is 5.79. The van der Waals surface area contributed by atoms with Crippen molar-refractivity contribution in [2.45, 2.75) is 32.8 Å². The normalized spacial score (nSPS) is 14.5. The zero-order valence-electron chi connectivity index (χ0n) is 10.9. The first-order valence-electron chi connectivity index (χ1n) is 6.05. The molecule has 0 radical (unpaired) electrons. The Morgan fingerprint density at radius 3 is 2.33 bits per heavy atom. The highest BCUT2D eigenvalue weighted by Crippen LogP contribution is 2.30. The molecule has 1 aromatic rings. The highest BCUT2D eigenvalue weighted by atomic mass is 19.1. The van der Waals surface area contributed by atoms with E-state index in [1.165, 1.54) is 24.3 Å². The van der Waals surface area contributed by atoms with Crippen LogP contribution in [0, 0.1) is 11.7 Å². The third-order valence-corrected chi connectivity index (χ3v) is 2.82. The minimum Gasteiger partial charge on any atom is -0.479 e. The second-order valence-corrected chi connectivity index (χ2v) is 4.70. The number of hydrogen-bond acceptors (Lipinski definition) is 2. The van der Waals surface area contributed by atoms with Gasteiger partial charge in [0, 0.05) is 0 Å². The van der Waals surface area contributed by atoms with Crippen molar-refractivity contribution in [2.75, 3.05) is 6.61 Å². The van der Waals surface area contributed by atoms with E-state index in [0.29, 0.717) is 18.6 Å². The SMILES string of the molecule is CCC(OCC(C)C)(C(=O)O)c1ccc(F)cc1. The fourth-order valence-corrected chi connectivity index (χ4v) is 1.75. The number of hydrogen-bond donors (Lipinski definition) is 1. The molecule has 1 unspecified atom stereocenters. The van der Waals surface area contributed by atoms with Gasteiger partial charge < -0.3 is 9.84 Å². The molecule has 1 atom stereocenters. The van der Waals surface area contributed by atoms with Crippen LogP contribution in [0.5, 0.6) is 0 Å². The van der Waals surface area contributed by atoms with Crippen molar-refractivity contribution in [1.29, 1.82) is 0 Å². The van der Waals surface area contributed by atoms with Crippen LogP contribution in [-0.4, -0.2) is 17.7 Å². The largest absolute Gasteiger partial charge is 0.479 e. The number of carboxylic acid groups (broad SMARTS) is 1. The molecule has 0 aromatic heterocycles. The van der Waals surface area contributed by atoms with Gasteiger partial charge in [0.2, 0.25) is 0 Å². The average Bonchev–Trinajstić information content (AvgIpc) is 2.31. The van der Waals surface area contributed by atoms with Gasteiger partial charge in [-0.2, -0.15) is 0 Å². The summed E-state index contributed by atoms with van der Waals surface area (Å²) in [6, 6.07) is 5.43. The van der Waals surface area contributed by atoms with E-state index < -0.39 is 17.4 Å². The Hall–Kier alpha value is -1.42. The molecule has 18 heavy (non-hydrogen) atoms. The van der Waals surface area contributed by atoms with Crippen LogP contribution in [0.1, 0.15) is 32.8 Å². The van der Waals surface area contributed by atoms with Crippen LogP contribution in [0.4, 0.5) is 4.39 Å². The van der Waals surface area contributed by atoms with Gasteiger partial charge in [-0.15, -0.1) is 0 Å². The van der Waals surface area contributed by atoms with Crippen molar-refractivity contribution < 1.29 is 19.0 Å². The Kier molecular flexibility index (Phi) is 4.84. The molecule has 0 saturated carbocycles. The molecule has 4 heteroatoms. The van der Waals surface area contributed by atoms with Gasteiger partial charge in [0.05, 0.1) is 6.61 Å². The van der Waals surface area contributed by atoms with Crippen molar-refractivity contribution >= 4 is 5.97 Å². The van der Waals surface area contributed by atoms with E-state index in [1.54, 1.807) is 6.92 Å². The Morgan fingerprint density at radius 1 is 1.39 bits per heavy atom. The van der Waals surface area contributed by atoms with Gasteiger partial charge in [-0.3, -0.25) is 0 Å². The van der Waals surface area contributed by atoms with Crippen molar-refractivity contribution in [3.05, 3.63) is 35.6 Å². The Bertz CT molecular complexity index is 400. The van der Waals surface area contributed by atoms with Gasteiger partial charge in [-0.25, -0.2) is 9.18 Å². The third kappa shape index (κ3) is 3.07. The maximum absolute atomic E-state index is 12.9. The van der Waals surface area contributed by atoms with Gasteiger partial charge in [0.25, 0.3) is 0 Å². The van der Waals surface area contributed by atoms with E-state index in [9.17, 15) is 14.3 Å². The van der Waals surface area contributed by atoms with Gasteiger partial charge in [0.1, 0.15) is 5.82 Å². The first-order chi connectivity index (χ1) is 8.42. The van der Waals surface area contributed by atoms with E-state index in [-0.39, 0.29) is 5.92 Å². The molecule has 0 aliphatic heterocycles. The predicted octanol–water partition coefficient (Wildman–Crippen LogP) is 3.19. The molecule has 1 rings (SSSR count). The molecule has 1 N–H and O–H groups in total. The molecule has 0 amide bonds. The second kappa shape index (κ2) is 5.96. The molecule has 0 aliphatic rings. The molecule has 0 saturated heterocycles. The number of benzene rings is 1. The van der Waals surface area contributed by atoms with E-state index in [0.717, 1.165) is 0 Å². The molecule has 0 heterocycles. The van der Waals surface area contributed by atoms with E-state index in [2.05, 4.69) is 0 Å². The fourth-order valence-electron chi connectivity index (χ4n) is 1.75. The number of halogens is 1. The summed E-state index contributed by atoms with van der Waals surface area (Å²) in [5.41, 5.74) is -0.919. The molecule has 100 valence electrons. The maximum Gasteiger partial charge on any atom is 0.340 e. The topological polar surface area (TPSA) is 46.5 Å². The summed E-state index contributed by atoms with van der Waals surface area (Å²) in [6.07, 6.45) is 0.292. The van der Waals surface area contributed by atoms with Crippen molar-refractivity contribution in [1.82, 2.24) is 0 Å². The Labute approximate surface area is 107 Å². The number of rotatable bonds is 6. The predicted molar refractivity (Wildman–Crippen MR) is 66.8 cm³/mol. The molecular formula is C14H19FO3. The smallest absolute Gasteiger partial charge is 0.340 e. The van der Waals surface area contributed by atoms with Gasteiger partial charge >= 0.3 is 5.97 Å². The van der Waals surface area contributed by atoms with Crippen LogP contribution in [0.15, 0.2) is 24.3 Å². The first-order valence-corrected chi connectivity index (χ1v) is 6.05. The maximum atomic E-state index is 12.9. The lowest BCUT2D eigenvalue weighted by Gasteiger charge is -2.29. The summed E-state index contributed by atoms with van der Waals surface area (Å²) in [4.78, 5) is 11.5. The molecule has 0 bridgehead atoms. The molecule has 0 aliphatic carbocycles. The molecule has 0 fully saturated rings. The number of ether oxygens (including phenoxy) is 1. The summed E-state index contributed by atoms with van der Waals surface area (Å²) in [5, 5.41) is 9.44. The lowest BCUT2D eigenvalue weighted by Crippen LogP contribution is -2.39. The summed E-state index contributed by atoms with van der Waals surface area (Å²) >= 11 is 0. The van der Waals surface area contributed by atoms with Crippen LogP contribution in [-0.2, 0) is 15.1 Å². The monoisotopic (exact) mass is 254 g/mol. The second-order valence-electron chi connectivity index (χ2n) is 4.70. The summed E-state index contributed by atoms with van der Waals surface area (Å²) in [6.45, 7) is 6.00. The quantitative estimate of drug-likeness (QED) is 0.848. The van der Waals surface area contributed by atoms with Gasteiger partial charge in [0.15, 0.2) is 5.60 Å². The van der Waals surface area contributed by atoms with Crippen LogP contribution < -0.4 is 0 Å². The average molecular weight is 254 g/mol. The van der Waals surface area contributed by atoms with Crippen molar-refractivity contribution in [2.24, 2.45) is 5.92 Å². The number of aliphatic carboxylic acids is 1. The summed E-state index contributed by atoms with van der Waals surface area (Å²) < 4.78 is 18.5. The zero-order chi connectivity index (χ0) is 13.8. The highest BCUT2D eigenvalue weighted by Gasteiger charge is 2.40. The van der Waals surface area contributed by atoms with Crippen molar-refractivity contribution in [3.63, 3.8) is 0 Å². The molecule has 0 spiro atoms. The van der Waals surface area contributed by atoms with Gasteiger partial charge in [-0.05, 0) is 30.0 Å².